The van der Waals surface area contributed by atoms with Gasteiger partial charge in [-0.2, -0.15) is 0 Å². The lowest BCUT2D eigenvalue weighted by Crippen LogP contribution is -2.32. The first-order valence-corrected chi connectivity index (χ1v) is 11.5. The highest BCUT2D eigenvalue weighted by atomic mass is 16.5. The number of hydrogen-bond donors (Lipinski definition) is 1. The van der Waals surface area contributed by atoms with Gasteiger partial charge in [-0.15, -0.1) is 0 Å². The molecule has 1 saturated heterocycles. The average Bonchev–Trinajstić information content (AvgIpc) is 3.51. The quantitative estimate of drug-likeness (QED) is 0.541. The predicted octanol–water partition coefficient (Wildman–Crippen LogP) is 3.58. The van der Waals surface area contributed by atoms with Crippen molar-refractivity contribution in [3.8, 4) is 0 Å². The Morgan fingerprint density at radius 1 is 1.00 bits per heavy atom. The molecule has 0 spiro atoms. The van der Waals surface area contributed by atoms with E-state index >= 15 is 0 Å². The molecule has 1 aliphatic heterocycles. The normalized spacial score (nSPS) is 25.3. The predicted molar refractivity (Wildman–Crippen MR) is 121 cm³/mol. The summed E-state index contributed by atoms with van der Waals surface area (Å²) in [7, 11) is 0. The summed E-state index contributed by atoms with van der Waals surface area (Å²) in [5.74, 6) is -1.29. The Labute approximate surface area is 192 Å². The molecule has 3 aliphatic rings. The molecule has 2 aliphatic carbocycles. The average molecular weight is 447 g/mol. The van der Waals surface area contributed by atoms with Crippen LogP contribution in [0.2, 0.25) is 0 Å². The van der Waals surface area contributed by atoms with E-state index in [9.17, 15) is 19.2 Å². The van der Waals surface area contributed by atoms with Gasteiger partial charge >= 0.3 is 5.97 Å². The highest BCUT2D eigenvalue weighted by Crippen LogP contribution is 2.56. The Kier molecular flexibility index (Phi) is 5.48. The molecule has 3 fully saturated rings. The fraction of sp³-hybridized carbons (Fsp3) is 0.385. The van der Waals surface area contributed by atoms with E-state index < -0.39 is 18.5 Å². The number of rotatable bonds is 6. The van der Waals surface area contributed by atoms with Crippen molar-refractivity contribution in [1.29, 1.82) is 0 Å². The SMILES string of the molecule is CCc1ccc(NC(=O)COC(=O)c2cccc(N3C(=O)[C@@H]4[C@H]5CC[C@@H](C5)[C@H]4C3=O)c2)cc1. The molecule has 2 aromatic rings. The van der Waals surface area contributed by atoms with Crippen LogP contribution in [0.3, 0.4) is 0 Å². The summed E-state index contributed by atoms with van der Waals surface area (Å²) in [6.45, 7) is 1.61. The van der Waals surface area contributed by atoms with Crippen LogP contribution >= 0.6 is 0 Å². The summed E-state index contributed by atoms with van der Waals surface area (Å²) in [5.41, 5.74) is 2.35. The number of hydrogen-bond acceptors (Lipinski definition) is 5. The van der Waals surface area contributed by atoms with E-state index in [2.05, 4.69) is 5.32 Å². The fourth-order valence-electron chi connectivity index (χ4n) is 5.67. The molecule has 7 nitrogen and oxygen atoms in total. The number of nitrogens with zero attached hydrogens (tertiary/aromatic N) is 1. The Morgan fingerprint density at radius 2 is 1.67 bits per heavy atom. The standard InChI is InChI=1S/C26H26N2O5/c1-2-15-6-10-19(11-7-15)27-21(29)14-33-26(32)18-4-3-5-20(13-18)28-24(30)22-16-8-9-17(12-16)23(22)25(28)31/h3-7,10-11,13,16-17,22-23H,2,8-9,12,14H2,1H3,(H,27,29)/t16-,17-,22+,23+/m0/s1. The van der Waals surface area contributed by atoms with Gasteiger partial charge in [0.1, 0.15) is 0 Å². The van der Waals surface area contributed by atoms with E-state index in [1.165, 1.54) is 11.0 Å². The third kappa shape index (κ3) is 3.81. The molecule has 4 atom stereocenters. The summed E-state index contributed by atoms with van der Waals surface area (Å²) >= 11 is 0. The van der Waals surface area contributed by atoms with Crippen molar-refractivity contribution in [2.75, 3.05) is 16.8 Å². The number of carbonyl (C=O) groups excluding carboxylic acids is 4. The molecule has 2 saturated carbocycles. The molecule has 170 valence electrons. The molecule has 0 radical (unpaired) electrons. The zero-order valence-corrected chi connectivity index (χ0v) is 18.5. The number of carbonyl (C=O) groups is 4. The van der Waals surface area contributed by atoms with Crippen LogP contribution in [-0.2, 0) is 25.5 Å². The third-order valence-electron chi connectivity index (χ3n) is 7.25. The number of aryl methyl sites for hydroxylation is 1. The Morgan fingerprint density at radius 3 is 2.30 bits per heavy atom. The van der Waals surface area contributed by atoms with Crippen molar-refractivity contribution in [3.63, 3.8) is 0 Å². The maximum absolute atomic E-state index is 13.0. The van der Waals surface area contributed by atoms with Gasteiger partial charge < -0.3 is 10.1 Å². The van der Waals surface area contributed by atoms with E-state index in [-0.39, 0.29) is 29.2 Å². The third-order valence-corrected chi connectivity index (χ3v) is 7.25. The largest absolute Gasteiger partial charge is 0.452 e. The summed E-state index contributed by atoms with van der Waals surface area (Å²) < 4.78 is 5.16. The highest BCUT2D eigenvalue weighted by Gasteiger charge is 2.61. The number of amides is 3. The lowest BCUT2D eigenvalue weighted by Gasteiger charge is -2.19. The van der Waals surface area contributed by atoms with Gasteiger partial charge in [0.05, 0.1) is 23.1 Å². The second-order valence-corrected chi connectivity index (χ2v) is 9.12. The van der Waals surface area contributed by atoms with Crippen LogP contribution in [0.25, 0.3) is 0 Å². The minimum Gasteiger partial charge on any atom is -0.452 e. The highest BCUT2D eigenvalue weighted by molar-refractivity contribution is 6.22. The molecular weight excluding hydrogens is 420 g/mol. The number of anilines is 2. The molecular formula is C26H26N2O5. The Bertz CT molecular complexity index is 1100. The fourth-order valence-corrected chi connectivity index (χ4v) is 5.67. The number of esters is 1. The Balaban J connectivity index is 1.23. The van der Waals surface area contributed by atoms with Gasteiger partial charge in [-0.3, -0.25) is 19.3 Å². The summed E-state index contributed by atoms with van der Waals surface area (Å²) in [4.78, 5) is 52.0. The zero-order valence-electron chi connectivity index (χ0n) is 18.5. The molecule has 0 aromatic heterocycles. The second-order valence-electron chi connectivity index (χ2n) is 9.12. The van der Waals surface area contributed by atoms with E-state index in [1.54, 1.807) is 30.3 Å². The lowest BCUT2D eigenvalue weighted by molar-refractivity contribution is -0.123. The number of benzene rings is 2. The molecule has 0 unspecified atom stereocenters. The van der Waals surface area contributed by atoms with Crippen LogP contribution in [0.5, 0.6) is 0 Å². The van der Waals surface area contributed by atoms with Crippen molar-refractivity contribution in [1.82, 2.24) is 0 Å². The van der Waals surface area contributed by atoms with E-state index in [4.69, 9.17) is 4.74 Å². The maximum atomic E-state index is 13.0. The van der Waals surface area contributed by atoms with Crippen LogP contribution in [0.1, 0.15) is 42.1 Å². The molecule has 1 N–H and O–H groups in total. The van der Waals surface area contributed by atoms with Crippen LogP contribution in [0, 0.1) is 23.7 Å². The minimum atomic E-state index is -0.687. The Hall–Kier alpha value is -3.48. The number of ether oxygens (including phenoxy) is 1. The van der Waals surface area contributed by atoms with Crippen molar-refractivity contribution >= 4 is 35.1 Å². The van der Waals surface area contributed by atoms with Gasteiger partial charge in [-0.05, 0) is 73.4 Å². The molecule has 3 amide bonds. The van der Waals surface area contributed by atoms with E-state index in [1.807, 2.05) is 19.1 Å². The first-order valence-electron chi connectivity index (χ1n) is 11.5. The second kappa shape index (κ2) is 8.46. The first-order chi connectivity index (χ1) is 16.0. The smallest absolute Gasteiger partial charge is 0.338 e. The summed E-state index contributed by atoms with van der Waals surface area (Å²) in [6.07, 6.45) is 3.89. The number of imide groups is 1. The summed E-state index contributed by atoms with van der Waals surface area (Å²) in [6, 6.07) is 13.8. The molecule has 7 heteroatoms. The van der Waals surface area contributed by atoms with Crippen molar-refractivity contribution in [3.05, 3.63) is 59.7 Å². The van der Waals surface area contributed by atoms with Crippen LogP contribution < -0.4 is 10.2 Å². The first kappa shape index (κ1) is 21.4. The van der Waals surface area contributed by atoms with E-state index in [0.29, 0.717) is 23.2 Å². The topological polar surface area (TPSA) is 92.8 Å². The molecule has 1 heterocycles. The van der Waals surface area contributed by atoms with Gasteiger partial charge in [-0.25, -0.2) is 4.79 Å². The van der Waals surface area contributed by atoms with Crippen LogP contribution in [0.4, 0.5) is 11.4 Å². The van der Waals surface area contributed by atoms with Crippen LogP contribution in [0.15, 0.2) is 48.5 Å². The maximum Gasteiger partial charge on any atom is 0.338 e. The molecule has 33 heavy (non-hydrogen) atoms. The van der Waals surface area contributed by atoms with Crippen molar-refractivity contribution in [2.45, 2.75) is 32.6 Å². The molecule has 2 aromatic carbocycles. The minimum absolute atomic E-state index is 0.156. The van der Waals surface area contributed by atoms with Crippen molar-refractivity contribution < 1.29 is 23.9 Å². The molecule has 2 bridgehead atoms. The number of nitrogens with one attached hydrogen (secondary N) is 1. The van der Waals surface area contributed by atoms with Gasteiger partial charge in [0.2, 0.25) is 11.8 Å². The zero-order chi connectivity index (χ0) is 23.1. The van der Waals surface area contributed by atoms with Crippen molar-refractivity contribution in [2.24, 2.45) is 23.7 Å². The van der Waals surface area contributed by atoms with Gasteiger partial charge in [-0.1, -0.05) is 25.1 Å². The van der Waals surface area contributed by atoms with Gasteiger partial charge in [0.25, 0.3) is 5.91 Å². The van der Waals surface area contributed by atoms with Crippen LogP contribution in [-0.4, -0.2) is 30.3 Å². The lowest BCUT2D eigenvalue weighted by atomic mass is 9.81. The summed E-state index contributed by atoms with van der Waals surface area (Å²) in [5, 5.41) is 2.69. The van der Waals surface area contributed by atoms with Gasteiger partial charge in [0.15, 0.2) is 6.61 Å². The van der Waals surface area contributed by atoms with E-state index in [0.717, 1.165) is 31.2 Å². The molecule has 5 rings (SSSR count). The van der Waals surface area contributed by atoms with Gasteiger partial charge in [0, 0.05) is 5.69 Å². The number of fused-ring (bicyclic) bond motifs is 5. The monoisotopic (exact) mass is 446 g/mol.